The van der Waals surface area contributed by atoms with Gasteiger partial charge in [0.15, 0.2) is 0 Å². The van der Waals surface area contributed by atoms with Crippen LogP contribution < -0.4 is 0 Å². The molecule has 2 aromatic rings. The Morgan fingerprint density at radius 2 is 1.82 bits per heavy atom. The van der Waals surface area contributed by atoms with Crippen LogP contribution in [0.25, 0.3) is 0 Å². The molecule has 22 heavy (non-hydrogen) atoms. The molecule has 0 amide bonds. The summed E-state index contributed by atoms with van der Waals surface area (Å²) in [5, 5.41) is 0.862. The molecule has 0 saturated carbocycles. The highest BCUT2D eigenvalue weighted by molar-refractivity contribution is 6.30. The molecule has 3 atom stereocenters. The van der Waals surface area contributed by atoms with Crippen LogP contribution in [0.3, 0.4) is 0 Å². The first kappa shape index (κ1) is 14.3. The van der Waals surface area contributed by atoms with E-state index < -0.39 is 0 Å². The van der Waals surface area contributed by atoms with Gasteiger partial charge >= 0.3 is 0 Å². The van der Waals surface area contributed by atoms with E-state index in [1.807, 2.05) is 6.07 Å². The number of nitrogens with zero attached hydrogens (tertiary/aromatic N) is 1. The predicted molar refractivity (Wildman–Crippen MR) is 92.7 cm³/mol. The van der Waals surface area contributed by atoms with Crippen molar-refractivity contribution in [1.82, 2.24) is 4.90 Å². The van der Waals surface area contributed by atoms with E-state index in [1.165, 1.54) is 41.8 Å². The molecule has 1 fully saturated rings. The Labute approximate surface area is 137 Å². The molecule has 1 saturated heterocycles. The second-order valence-corrected chi connectivity index (χ2v) is 7.52. The summed E-state index contributed by atoms with van der Waals surface area (Å²) in [6.07, 6.45) is 1.20. The lowest BCUT2D eigenvalue weighted by Crippen LogP contribution is -2.29. The first-order chi connectivity index (χ1) is 10.6. The Morgan fingerprint density at radius 3 is 2.59 bits per heavy atom. The van der Waals surface area contributed by atoms with Gasteiger partial charge in [-0.3, -0.25) is 0 Å². The van der Waals surface area contributed by atoms with Gasteiger partial charge in [0.1, 0.15) is 0 Å². The molecule has 1 aliphatic carbocycles. The zero-order valence-electron chi connectivity index (χ0n) is 13.2. The molecule has 1 aliphatic heterocycles. The molecule has 1 nitrogen and oxygen atoms in total. The Hall–Kier alpha value is -1.31. The molecule has 0 aromatic heterocycles. The number of benzene rings is 2. The summed E-state index contributed by atoms with van der Waals surface area (Å²) in [5.74, 6) is 1.96. The Kier molecular flexibility index (Phi) is 3.51. The standard InChI is InChI=1S/C20H22ClN/c1-13-3-5-14(6-4-13)20-18-10-17(21)8-7-15(18)9-16-11-22(2)12-19(16)20/h3-8,10,16,19-20H,9,11-12H2,1-2H3. The first-order valence-corrected chi connectivity index (χ1v) is 8.53. The third-order valence-electron chi connectivity index (χ3n) is 5.46. The van der Waals surface area contributed by atoms with Crippen molar-refractivity contribution in [2.45, 2.75) is 19.3 Å². The summed E-state index contributed by atoms with van der Waals surface area (Å²) in [6.45, 7) is 4.56. The Bertz CT molecular complexity index is 691. The molecule has 0 N–H and O–H groups in total. The highest BCUT2D eigenvalue weighted by Crippen LogP contribution is 2.47. The van der Waals surface area contributed by atoms with Gasteiger partial charge in [0, 0.05) is 24.0 Å². The lowest BCUT2D eigenvalue weighted by Gasteiger charge is -2.36. The molecule has 2 aliphatic rings. The number of fused-ring (bicyclic) bond motifs is 2. The second-order valence-electron chi connectivity index (χ2n) is 7.08. The third kappa shape index (κ3) is 2.37. The number of rotatable bonds is 1. The third-order valence-corrected chi connectivity index (χ3v) is 5.70. The van der Waals surface area contributed by atoms with Crippen molar-refractivity contribution in [3.8, 4) is 0 Å². The SMILES string of the molecule is Cc1ccc(C2c3cc(Cl)ccc3CC3CN(C)CC32)cc1. The van der Waals surface area contributed by atoms with Crippen LogP contribution >= 0.6 is 11.6 Å². The summed E-state index contributed by atoms with van der Waals surface area (Å²) in [6, 6.07) is 15.6. The van der Waals surface area contributed by atoms with Gasteiger partial charge in [-0.25, -0.2) is 0 Å². The summed E-state index contributed by atoms with van der Waals surface area (Å²) in [7, 11) is 2.25. The highest BCUT2D eigenvalue weighted by atomic mass is 35.5. The average Bonchev–Trinajstić information content (AvgIpc) is 2.86. The lowest BCUT2D eigenvalue weighted by molar-refractivity contribution is 0.351. The molecule has 3 unspecified atom stereocenters. The monoisotopic (exact) mass is 311 g/mol. The van der Waals surface area contributed by atoms with E-state index in [2.05, 4.69) is 55.3 Å². The van der Waals surface area contributed by atoms with Gasteiger partial charge in [0.25, 0.3) is 0 Å². The number of hydrogen-bond donors (Lipinski definition) is 0. The van der Waals surface area contributed by atoms with E-state index in [0.29, 0.717) is 11.8 Å². The van der Waals surface area contributed by atoms with E-state index in [4.69, 9.17) is 11.6 Å². The van der Waals surface area contributed by atoms with Gasteiger partial charge in [0.05, 0.1) is 0 Å². The smallest absolute Gasteiger partial charge is 0.0409 e. The fourth-order valence-electron chi connectivity index (χ4n) is 4.47. The van der Waals surface area contributed by atoms with Gasteiger partial charge in [-0.15, -0.1) is 0 Å². The fourth-order valence-corrected chi connectivity index (χ4v) is 4.65. The second kappa shape index (κ2) is 5.40. The summed E-state index contributed by atoms with van der Waals surface area (Å²) < 4.78 is 0. The molecule has 0 spiro atoms. The topological polar surface area (TPSA) is 3.24 Å². The van der Waals surface area contributed by atoms with Crippen LogP contribution in [0.2, 0.25) is 5.02 Å². The van der Waals surface area contributed by atoms with Crippen molar-refractivity contribution < 1.29 is 0 Å². The van der Waals surface area contributed by atoms with Crippen LogP contribution in [-0.4, -0.2) is 25.0 Å². The predicted octanol–water partition coefficient (Wildman–Crippen LogP) is 4.51. The number of halogens is 1. The zero-order valence-corrected chi connectivity index (χ0v) is 14.0. The molecule has 0 radical (unpaired) electrons. The quantitative estimate of drug-likeness (QED) is 0.749. The van der Waals surface area contributed by atoms with Crippen LogP contribution in [0.1, 0.15) is 28.2 Å². The molecule has 114 valence electrons. The number of hydrogen-bond acceptors (Lipinski definition) is 1. The maximum Gasteiger partial charge on any atom is 0.0409 e. The van der Waals surface area contributed by atoms with Gasteiger partial charge in [0.2, 0.25) is 0 Å². The minimum absolute atomic E-state index is 0.484. The zero-order chi connectivity index (χ0) is 15.3. The van der Waals surface area contributed by atoms with E-state index in [-0.39, 0.29) is 0 Å². The summed E-state index contributed by atoms with van der Waals surface area (Å²) >= 11 is 6.32. The molecule has 2 aromatic carbocycles. The van der Waals surface area contributed by atoms with Crippen LogP contribution in [-0.2, 0) is 6.42 Å². The minimum atomic E-state index is 0.484. The van der Waals surface area contributed by atoms with Gasteiger partial charge < -0.3 is 4.90 Å². The minimum Gasteiger partial charge on any atom is -0.306 e. The van der Waals surface area contributed by atoms with Crippen molar-refractivity contribution in [2.75, 3.05) is 20.1 Å². The molecule has 2 heteroatoms. The van der Waals surface area contributed by atoms with Gasteiger partial charge in [-0.1, -0.05) is 47.5 Å². The van der Waals surface area contributed by atoms with Crippen molar-refractivity contribution in [3.63, 3.8) is 0 Å². The highest BCUT2D eigenvalue weighted by Gasteiger charge is 2.42. The van der Waals surface area contributed by atoms with Crippen molar-refractivity contribution >= 4 is 11.6 Å². The molecular formula is C20H22ClN. The van der Waals surface area contributed by atoms with E-state index in [1.54, 1.807) is 0 Å². The first-order valence-electron chi connectivity index (χ1n) is 8.15. The fraction of sp³-hybridized carbons (Fsp3) is 0.400. The summed E-state index contributed by atoms with van der Waals surface area (Å²) in [4.78, 5) is 2.49. The summed E-state index contributed by atoms with van der Waals surface area (Å²) in [5.41, 5.74) is 5.71. The molecule has 4 rings (SSSR count). The van der Waals surface area contributed by atoms with Crippen LogP contribution in [0, 0.1) is 18.8 Å². The Balaban J connectivity index is 1.85. The van der Waals surface area contributed by atoms with Gasteiger partial charge in [-0.2, -0.15) is 0 Å². The van der Waals surface area contributed by atoms with Crippen molar-refractivity contribution in [3.05, 3.63) is 69.7 Å². The van der Waals surface area contributed by atoms with E-state index >= 15 is 0 Å². The van der Waals surface area contributed by atoms with Crippen LogP contribution in [0.15, 0.2) is 42.5 Å². The Morgan fingerprint density at radius 1 is 1.05 bits per heavy atom. The van der Waals surface area contributed by atoms with Crippen molar-refractivity contribution in [2.24, 2.45) is 11.8 Å². The maximum atomic E-state index is 6.32. The van der Waals surface area contributed by atoms with E-state index in [0.717, 1.165) is 10.9 Å². The van der Waals surface area contributed by atoms with Crippen molar-refractivity contribution in [1.29, 1.82) is 0 Å². The van der Waals surface area contributed by atoms with E-state index in [9.17, 15) is 0 Å². The largest absolute Gasteiger partial charge is 0.306 e. The number of aryl methyl sites for hydroxylation is 1. The van der Waals surface area contributed by atoms with Crippen LogP contribution in [0.4, 0.5) is 0 Å². The van der Waals surface area contributed by atoms with Crippen LogP contribution in [0.5, 0.6) is 0 Å². The molecule has 1 heterocycles. The average molecular weight is 312 g/mol. The maximum absolute atomic E-state index is 6.32. The lowest BCUT2D eigenvalue weighted by atomic mass is 9.68. The molecule has 0 bridgehead atoms. The molecular weight excluding hydrogens is 290 g/mol. The number of likely N-dealkylation sites (tertiary alicyclic amines) is 1. The normalized spacial score (nSPS) is 27.5. The van der Waals surface area contributed by atoms with Gasteiger partial charge in [-0.05, 0) is 61.1 Å².